The first-order valence-electron chi connectivity index (χ1n) is 7.19. The Labute approximate surface area is 114 Å². The van der Waals surface area contributed by atoms with Crippen LogP contribution in [-0.4, -0.2) is 37.1 Å². The average Bonchev–Trinajstić information content (AvgIpc) is 2.68. The summed E-state index contributed by atoms with van der Waals surface area (Å²) in [5, 5.41) is 6.46. The average molecular weight is 268 g/mol. The maximum atomic E-state index is 11.9. The molecule has 3 unspecified atom stereocenters. The third-order valence-electron chi connectivity index (χ3n) is 4.15. The van der Waals surface area contributed by atoms with E-state index < -0.39 is 0 Å². The Morgan fingerprint density at radius 1 is 1.32 bits per heavy atom. The van der Waals surface area contributed by atoms with E-state index in [9.17, 15) is 9.59 Å². The van der Waals surface area contributed by atoms with Gasteiger partial charge in [0.25, 0.3) is 0 Å². The monoisotopic (exact) mass is 268 g/mol. The summed E-state index contributed by atoms with van der Waals surface area (Å²) in [4.78, 5) is 23.0. The molecule has 0 spiro atoms. The van der Waals surface area contributed by atoms with E-state index in [4.69, 9.17) is 0 Å². The normalized spacial score (nSPS) is 30.7. The van der Waals surface area contributed by atoms with E-state index in [0.717, 1.165) is 12.8 Å². The number of rotatable bonds is 5. The molecule has 0 saturated carbocycles. The quantitative estimate of drug-likeness (QED) is 0.729. The Balaban J connectivity index is 1.70. The first-order valence-corrected chi connectivity index (χ1v) is 7.19. The van der Waals surface area contributed by atoms with Crippen LogP contribution >= 0.6 is 0 Å². The van der Waals surface area contributed by atoms with E-state index in [0.29, 0.717) is 24.4 Å². The number of carbonyl (C=O) groups is 2. The zero-order valence-corrected chi connectivity index (χ0v) is 11.8. The molecular formula is C14H24N2O3. The van der Waals surface area contributed by atoms with Gasteiger partial charge in [-0.05, 0) is 38.5 Å². The molecule has 1 amide bonds. The molecule has 0 aliphatic carbocycles. The third kappa shape index (κ3) is 4.20. The summed E-state index contributed by atoms with van der Waals surface area (Å²) in [6, 6.07) is 1.08. The third-order valence-corrected chi connectivity index (χ3v) is 4.15. The molecule has 19 heavy (non-hydrogen) atoms. The lowest BCUT2D eigenvalue weighted by Crippen LogP contribution is -2.41. The summed E-state index contributed by atoms with van der Waals surface area (Å²) in [7, 11) is 1.36. The summed E-state index contributed by atoms with van der Waals surface area (Å²) < 4.78 is 4.59. The molecule has 2 heterocycles. The van der Waals surface area contributed by atoms with Crippen molar-refractivity contribution in [3.05, 3.63) is 0 Å². The Morgan fingerprint density at radius 2 is 1.95 bits per heavy atom. The van der Waals surface area contributed by atoms with Gasteiger partial charge in [0.05, 0.1) is 13.5 Å². The lowest BCUT2D eigenvalue weighted by Gasteiger charge is -2.29. The van der Waals surface area contributed by atoms with Crippen LogP contribution in [0, 0.1) is 5.92 Å². The highest BCUT2D eigenvalue weighted by molar-refractivity contribution is 5.77. The largest absolute Gasteiger partial charge is 0.469 e. The second-order valence-corrected chi connectivity index (χ2v) is 5.93. The van der Waals surface area contributed by atoms with Gasteiger partial charge in [0, 0.05) is 24.5 Å². The van der Waals surface area contributed by atoms with Crippen molar-refractivity contribution in [1.82, 2.24) is 10.6 Å². The van der Waals surface area contributed by atoms with Crippen LogP contribution in [0.15, 0.2) is 0 Å². The number of amides is 1. The zero-order valence-electron chi connectivity index (χ0n) is 11.8. The number of fused-ring (bicyclic) bond motifs is 2. The first-order chi connectivity index (χ1) is 9.06. The van der Waals surface area contributed by atoms with Crippen molar-refractivity contribution < 1.29 is 14.3 Å². The van der Waals surface area contributed by atoms with Crippen LogP contribution in [0.4, 0.5) is 0 Å². The van der Waals surface area contributed by atoms with Crippen molar-refractivity contribution in [2.24, 2.45) is 5.92 Å². The van der Waals surface area contributed by atoms with Crippen LogP contribution in [-0.2, 0) is 14.3 Å². The van der Waals surface area contributed by atoms with E-state index in [2.05, 4.69) is 15.4 Å². The molecule has 0 aromatic rings. The lowest BCUT2D eigenvalue weighted by molar-refractivity contribution is -0.141. The predicted molar refractivity (Wildman–Crippen MR) is 71.5 cm³/mol. The minimum Gasteiger partial charge on any atom is -0.469 e. The second-order valence-electron chi connectivity index (χ2n) is 5.93. The number of carbonyl (C=O) groups excluding carboxylic acids is 2. The van der Waals surface area contributed by atoms with Crippen molar-refractivity contribution in [2.45, 2.75) is 63.6 Å². The zero-order chi connectivity index (χ0) is 13.8. The minimum atomic E-state index is -0.285. The molecule has 0 radical (unpaired) electrons. The molecule has 2 N–H and O–H groups in total. The highest BCUT2D eigenvalue weighted by atomic mass is 16.5. The molecule has 5 heteroatoms. The fourth-order valence-corrected chi connectivity index (χ4v) is 3.32. The van der Waals surface area contributed by atoms with Gasteiger partial charge in [-0.15, -0.1) is 0 Å². The maximum Gasteiger partial charge on any atom is 0.307 e. The van der Waals surface area contributed by atoms with Gasteiger partial charge in [0.15, 0.2) is 0 Å². The molecule has 0 aromatic heterocycles. The van der Waals surface area contributed by atoms with Gasteiger partial charge < -0.3 is 15.4 Å². The van der Waals surface area contributed by atoms with Gasteiger partial charge >= 0.3 is 5.97 Å². The van der Waals surface area contributed by atoms with Crippen LogP contribution < -0.4 is 10.6 Å². The fraction of sp³-hybridized carbons (Fsp3) is 0.857. The van der Waals surface area contributed by atoms with Crippen molar-refractivity contribution in [3.8, 4) is 0 Å². The summed E-state index contributed by atoms with van der Waals surface area (Å²) in [5.41, 5.74) is 0. The number of piperidine rings is 1. The van der Waals surface area contributed by atoms with Gasteiger partial charge in [-0.3, -0.25) is 9.59 Å². The minimum absolute atomic E-state index is 0.0581. The molecule has 2 saturated heterocycles. The SMILES string of the molecule is COC(=O)CC(C)NC(=O)CC1CC2CCC(C1)N2. The first kappa shape index (κ1) is 14.3. The molecule has 0 aromatic carbocycles. The van der Waals surface area contributed by atoms with Crippen molar-refractivity contribution >= 4 is 11.9 Å². The van der Waals surface area contributed by atoms with Crippen molar-refractivity contribution in [2.75, 3.05) is 7.11 Å². The van der Waals surface area contributed by atoms with Crippen LogP contribution in [0.2, 0.25) is 0 Å². The van der Waals surface area contributed by atoms with Crippen LogP contribution in [0.1, 0.15) is 45.4 Å². The summed E-state index contributed by atoms with van der Waals surface area (Å²) in [6.07, 6.45) is 5.54. The second kappa shape index (κ2) is 6.37. The summed E-state index contributed by atoms with van der Waals surface area (Å²) in [6.45, 7) is 1.83. The topological polar surface area (TPSA) is 67.4 Å². The van der Waals surface area contributed by atoms with Crippen molar-refractivity contribution in [3.63, 3.8) is 0 Å². The molecule has 108 valence electrons. The van der Waals surface area contributed by atoms with Gasteiger partial charge in [0.2, 0.25) is 5.91 Å². The molecule has 2 aliphatic heterocycles. The van der Waals surface area contributed by atoms with Crippen LogP contribution in [0.5, 0.6) is 0 Å². The standard InChI is InChI=1S/C14H24N2O3/c1-9(5-14(18)19-2)15-13(17)8-10-6-11-3-4-12(7-10)16-11/h9-12,16H,3-8H2,1-2H3,(H,15,17). The Morgan fingerprint density at radius 3 is 2.53 bits per heavy atom. The molecular weight excluding hydrogens is 244 g/mol. The van der Waals surface area contributed by atoms with Gasteiger partial charge in [-0.2, -0.15) is 0 Å². The number of ether oxygens (including phenoxy) is 1. The molecule has 2 rings (SSSR count). The predicted octanol–water partition coefficient (Wildman–Crippen LogP) is 0.975. The number of nitrogens with one attached hydrogen (secondary N) is 2. The van der Waals surface area contributed by atoms with Gasteiger partial charge in [0.1, 0.15) is 0 Å². The Kier molecular flexibility index (Phi) is 4.80. The van der Waals surface area contributed by atoms with E-state index in [1.165, 1.54) is 20.0 Å². The van der Waals surface area contributed by atoms with E-state index in [1.807, 2.05) is 6.92 Å². The van der Waals surface area contributed by atoms with E-state index in [-0.39, 0.29) is 24.3 Å². The van der Waals surface area contributed by atoms with E-state index in [1.54, 1.807) is 0 Å². The molecule has 2 fully saturated rings. The number of esters is 1. The summed E-state index contributed by atoms with van der Waals surface area (Å²) in [5.74, 6) is 0.263. The number of hydrogen-bond acceptors (Lipinski definition) is 4. The fourth-order valence-electron chi connectivity index (χ4n) is 3.32. The smallest absolute Gasteiger partial charge is 0.307 e. The molecule has 5 nitrogen and oxygen atoms in total. The number of hydrogen-bond donors (Lipinski definition) is 2. The highest BCUT2D eigenvalue weighted by Gasteiger charge is 2.34. The van der Waals surface area contributed by atoms with Crippen molar-refractivity contribution in [1.29, 1.82) is 0 Å². The lowest BCUT2D eigenvalue weighted by atomic mass is 9.89. The molecule has 2 bridgehead atoms. The van der Waals surface area contributed by atoms with E-state index >= 15 is 0 Å². The van der Waals surface area contributed by atoms with Crippen LogP contribution in [0.3, 0.4) is 0 Å². The van der Waals surface area contributed by atoms with Crippen LogP contribution in [0.25, 0.3) is 0 Å². The number of methoxy groups -OCH3 is 1. The van der Waals surface area contributed by atoms with Gasteiger partial charge in [-0.25, -0.2) is 0 Å². The summed E-state index contributed by atoms with van der Waals surface area (Å²) >= 11 is 0. The Bertz CT molecular complexity index is 334. The molecule has 3 atom stereocenters. The Hall–Kier alpha value is -1.10. The molecule has 2 aliphatic rings. The maximum absolute atomic E-state index is 11.9. The van der Waals surface area contributed by atoms with Gasteiger partial charge in [-0.1, -0.05) is 0 Å². The highest BCUT2D eigenvalue weighted by Crippen LogP contribution is 2.32.